The van der Waals surface area contributed by atoms with Crippen LogP contribution in [0.25, 0.3) is 0 Å². The Kier molecular flexibility index (Phi) is 15.5. The van der Waals surface area contributed by atoms with Crippen LogP contribution >= 0.6 is 59.7 Å². The summed E-state index contributed by atoms with van der Waals surface area (Å²) in [6.45, 7) is 6.67. The minimum Gasteiger partial charge on any atom is -0.425 e. The molecule has 2 aromatic heterocycles. The summed E-state index contributed by atoms with van der Waals surface area (Å²) in [5, 5.41) is 16.8. The average molecular weight is 741 g/mol. The lowest BCUT2D eigenvalue weighted by Crippen LogP contribution is -2.70. The van der Waals surface area contributed by atoms with Gasteiger partial charge in [-0.15, -0.1) is 53.0 Å². The fraction of sp³-hybridized carbons (Fsp3) is 0.615. The van der Waals surface area contributed by atoms with Gasteiger partial charge in [-0.05, 0) is 36.0 Å². The van der Waals surface area contributed by atoms with Gasteiger partial charge < -0.3 is 25.4 Å². The van der Waals surface area contributed by atoms with Crippen LogP contribution in [0.4, 0.5) is 5.13 Å². The third-order valence-corrected chi connectivity index (χ3v) is 9.99. The molecular weight excluding hydrogens is 701 g/mol. The Morgan fingerprint density at radius 3 is 2.63 bits per heavy atom. The third-order valence-electron chi connectivity index (χ3n) is 6.88. The van der Waals surface area contributed by atoms with Gasteiger partial charge in [0.25, 0.3) is 5.91 Å². The zero-order valence-electron chi connectivity index (χ0n) is 26.0. The van der Waals surface area contributed by atoms with E-state index in [0.29, 0.717) is 39.6 Å². The summed E-state index contributed by atoms with van der Waals surface area (Å²) in [4.78, 5) is 59.4. The predicted octanol–water partition coefficient (Wildman–Crippen LogP) is 1.97. The van der Waals surface area contributed by atoms with E-state index in [1.807, 2.05) is 32.8 Å². The van der Waals surface area contributed by atoms with E-state index in [1.165, 1.54) is 46.7 Å². The first-order chi connectivity index (χ1) is 21.0. The number of anilines is 1. The van der Waals surface area contributed by atoms with E-state index in [2.05, 4.69) is 25.8 Å². The van der Waals surface area contributed by atoms with Gasteiger partial charge in [0.05, 0.1) is 18.7 Å². The quantitative estimate of drug-likeness (QED) is 0.117. The summed E-state index contributed by atoms with van der Waals surface area (Å²) >= 11 is 3.99. The molecule has 2 aliphatic rings. The summed E-state index contributed by atoms with van der Waals surface area (Å²) in [5.74, 6) is -1.27. The number of hydrogen-bond acceptors (Lipinski definition) is 15. The first kappa shape index (κ1) is 39.5. The fourth-order valence-corrected chi connectivity index (χ4v) is 7.31. The van der Waals surface area contributed by atoms with Crippen molar-refractivity contribution in [3.63, 3.8) is 0 Å². The first-order valence-electron chi connectivity index (χ1n) is 14.1. The minimum atomic E-state index is -1.16. The molecule has 1 saturated heterocycles. The Labute approximate surface area is 291 Å². The fourth-order valence-electron chi connectivity index (χ4n) is 4.35. The van der Waals surface area contributed by atoms with Crippen molar-refractivity contribution in [2.75, 3.05) is 37.9 Å². The standard InChI is InChI=1S/C26H37N9O6S3.2ClH/c1-6-14(2)9-19(37)40-15(3)41-24(39)21-16(12-44-26-30-31-32-34(26)8-7-33(4)5)11-42-23-20(22(38)35(21)23)29-18(36)10-17-13-43-25(27)28-17;;/h13-15,20,23H,6-12H2,1-5H3,(H2,27,28)(H,29,36);2*1H/t14?,15?,20-,23+;;/m1../s1. The van der Waals surface area contributed by atoms with Crippen molar-refractivity contribution in [2.45, 2.75) is 69.4 Å². The monoisotopic (exact) mass is 739 g/mol. The van der Waals surface area contributed by atoms with E-state index in [4.69, 9.17) is 15.2 Å². The Hall–Kier alpha value is -2.64. The number of fused-ring (bicyclic) bond motifs is 1. The topological polar surface area (TPSA) is 188 Å². The maximum Gasteiger partial charge on any atom is 0.358 e. The molecule has 4 heterocycles. The van der Waals surface area contributed by atoms with Gasteiger partial charge in [0.15, 0.2) is 5.13 Å². The molecular formula is C26H39Cl2N9O6S3. The molecule has 2 amide bonds. The van der Waals surface area contributed by atoms with E-state index in [0.717, 1.165) is 13.0 Å². The maximum absolute atomic E-state index is 13.6. The number of likely N-dealkylation sites (N-methyl/N-ethyl adjacent to an activating group) is 1. The molecule has 20 heteroatoms. The molecule has 4 rings (SSSR count). The van der Waals surface area contributed by atoms with E-state index in [-0.39, 0.29) is 55.2 Å². The number of nitrogens with two attached hydrogens (primary N) is 1. The van der Waals surface area contributed by atoms with Crippen LogP contribution in [0.3, 0.4) is 0 Å². The highest BCUT2D eigenvalue weighted by molar-refractivity contribution is 8.01. The number of aromatic nitrogens is 5. The molecule has 0 bridgehead atoms. The summed E-state index contributed by atoms with van der Waals surface area (Å²) < 4.78 is 12.5. The number of esters is 2. The molecule has 256 valence electrons. The molecule has 0 radical (unpaired) electrons. The number of nitrogen functional groups attached to an aromatic ring is 1. The number of carbonyl (C=O) groups excluding carboxylic acids is 4. The van der Waals surface area contributed by atoms with Crippen LogP contribution in [0.2, 0.25) is 0 Å². The lowest BCUT2D eigenvalue weighted by atomic mass is 10.0. The molecule has 4 atom stereocenters. The summed E-state index contributed by atoms with van der Waals surface area (Å²) in [6.07, 6.45) is -0.182. The molecule has 0 saturated carbocycles. The van der Waals surface area contributed by atoms with Crippen molar-refractivity contribution in [2.24, 2.45) is 5.92 Å². The molecule has 0 aliphatic carbocycles. The van der Waals surface area contributed by atoms with Gasteiger partial charge in [-0.3, -0.25) is 19.3 Å². The van der Waals surface area contributed by atoms with Crippen LogP contribution in [0.15, 0.2) is 21.8 Å². The molecule has 2 unspecified atom stereocenters. The van der Waals surface area contributed by atoms with Crippen molar-refractivity contribution >= 4 is 88.6 Å². The van der Waals surface area contributed by atoms with Gasteiger partial charge in [-0.2, -0.15) is 0 Å². The highest BCUT2D eigenvalue weighted by Crippen LogP contribution is 2.42. The maximum atomic E-state index is 13.6. The second-order valence-electron chi connectivity index (χ2n) is 10.7. The first-order valence-corrected chi connectivity index (χ1v) is 17.0. The summed E-state index contributed by atoms with van der Waals surface area (Å²) in [7, 11) is 3.90. The molecule has 46 heavy (non-hydrogen) atoms. The Balaban J connectivity index is 0.00000368. The second kappa shape index (κ2) is 18.1. The second-order valence-corrected chi connectivity index (χ2v) is 13.7. The Morgan fingerprint density at radius 1 is 1.24 bits per heavy atom. The smallest absolute Gasteiger partial charge is 0.358 e. The van der Waals surface area contributed by atoms with Gasteiger partial charge in [0, 0.05) is 36.8 Å². The zero-order valence-corrected chi connectivity index (χ0v) is 30.1. The molecule has 2 aliphatic heterocycles. The van der Waals surface area contributed by atoms with Crippen LogP contribution in [-0.4, -0.2) is 109 Å². The van der Waals surface area contributed by atoms with Crippen LogP contribution < -0.4 is 11.1 Å². The van der Waals surface area contributed by atoms with Crippen LogP contribution in [0, 0.1) is 5.92 Å². The lowest BCUT2D eigenvalue weighted by molar-refractivity contribution is -0.184. The number of halogens is 2. The van der Waals surface area contributed by atoms with Gasteiger partial charge in [-0.1, -0.05) is 32.0 Å². The summed E-state index contributed by atoms with van der Waals surface area (Å²) in [5.41, 5.74) is 6.88. The van der Waals surface area contributed by atoms with Crippen molar-refractivity contribution < 1.29 is 28.7 Å². The normalized spacial score (nSPS) is 18.5. The highest BCUT2D eigenvalue weighted by Gasteiger charge is 2.54. The van der Waals surface area contributed by atoms with Crippen molar-refractivity contribution in [3.05, 3.63) is 22.3 Å². The van der Waals surface area contributed by atoms with Gasteiger partial charge in [0.1, 0.15) is 17.1 Å². The van der Waals surface area contributed by atoms with Crippen LogP contribution in [0.5, 0.6) is 0 Å². The average Bonchev–Trinajstić information content (AvgIpc) is 3.60. The molecule has 3 N–H and O–H groups in total. The van der Waals surface area contributed by atoms with Crippen LogP contribution in [-0.2, 0) is 41.6 Å². The molecule has 1 fully saturated rings. The molecule has 0 spiro atoms. The lowest BCUT2D eigenvalue weighted by Gasteiger charge is -2.49. The third kappa shape index (κ3) is 10.2. The van der Waals surface area contributed by atoms with E-state index in [9.17, 15) is 19.2 Å². The Bertz CT molecular complexity index is 1410. The number of β-lactam (4-membered cyclic amide) rings is 1. The zero-order chi connectivity index (χ0) is 32.0. The molecule has 0 aromatic carbocycles. The van der Waals surface area contributed by atoms with Crippen molar-refractivity contribution in [1.29, 1.82) is 0 Å². The molecule has 15 nitrogen and oxygen atoms in total. The van der Waals surface area contributed by atoms with Gasteiger partial charge in [-0.25, -0.2) is 14.5 Å². The number of ether oxygens (including phenoxy) is 2. The van der Waals surface area contributed by atoms with Crippen molar-refractivity contribution in [1.82, 2.24) is 40.3 Å². The predicted molar refractivity (Wildman–Crippen MR) is 180 cm³/mol. The minimum absolute atomic E-state index is 0. The molecule has 2 aromatic rings. The van der Waals surface area contributed by atoms with Gasteiger partial charge >= 0.3 is 11.9 Å². The SMILES string of the molecule is CCC(C)CC(=O)OC(C)OC(=O)C1=C(CSc2nnnn2CCN(C)C)CS[C@H]2[C@H](NC(=O)Cc3csc(N)n3)C(=O)N12.Cl.Cl. The van der Waals surface area contributed by atoms with Crippen LogP contribution in [0.1, 0.15) is 39.3 Å². The number of amides is 2. The van der Waals surface area contributed by atoms with Gasteiger partial charge in [0.2, 0.25) is 17.4 Å². The number of thioether (sulfide) groups is 2. The summed E-state index contributed by atoms with van der Waals surface area (Å²) in [6, 6.07) is -0.829. The highest BCUT2D eigenvalue weighted by atomic mass is 35.5. The van der Waals surface area contributed by atoms with E-state index < -0.39 is 35.6 Å². The number of nitrogens with one attached hydrogen (secondary N) is 1. The number of hydrogen-bond donors (Lipinski definition) is 2. The number of rotatable bonds is 15. The number of tetrazole rings is 1. The number of carbonyl (C=O) groups is 4. The Morgan fingerprint density at radius 2 is 1.98 bits per heavy atom. The largest absolute Gasteiger partial charge is 0.425 e. The number of thiazole rings is 1. The van der Waals surface area contributed by atoms with Crippen molar-refractivity contribution in [3.8, 4) is 0 Å². The van der Waals surface area contributed by atoms with E-state index in [1.54, 1.807) is 10.1 Å². The van der Waals surface area contributed by atoms with E-state index >= 15 is 0 Å². The number of nitrogens with zero attached hydrogens (tertiary/aromatic N) is 7.